The lowest BCUT2D eigenvalue weighted by atomic mass is 9.46. The fourth-order valence-electron chi connectivity index (χ4n) is 7.02. The van der Waals surface area contributed by atoms with Crippen LogP contribution in [0.3, 0.4) is 0 Å². The zero-order chi connectivity index (χ0) is 10.2. The zero-order valence-electron chi connectivity index (χ0n) is 9.33. The highest BCUT2D eigenvalue weighted by Gasteiger charge is 2.80. The summed E-state index contributed by atoms with van der Waals surface area (Å²) in [7, 11) is 0. The molecular weight excluding hydrogens is 200 g/mol. The van der Waals surface area contributed by atoms with Crippen LogP contribution in [0.25, 0.3) is 0 Å². The number of hydrogen-bond acceptors (Lipinski definition) is 2. The van der Waals surface area contributed by atoms with Gasteiger partial charge in [-0.05, 0) is 66.6 Å². The monoisotopic (exact) mass is 218 g/mol. The van der Waals surface area contributed by atoms with Gasteiger partial charge in [0, 0.05) is 0 Å². The second kappa shape index (κ2) is 2.12. The smallest absolute Gasteiger partial charge is 0.0879 e. The van der Waals surface area contributed by atoms with E-state index in [1.165, 1.54) is 12.8 Å². The Morgan fingerprint density at radius 3 is 2.56 bits per heavy atom. The number of hydrogen-bond donors (Lipinski definition) is 1. The largest absolute Gasteiger partial charge is 0.393 e. The molecular formula is C14H18O2. The SMILES string of the molecule is OC1CC2CC1C1C2CC2C1C1C3OC3[C@H]21. The van der Waals surface area contributed by atoms with Crippen LogP contribution in [-0.2, 0) is 4.74 Å². The van der Waals surface area contributed by atoms with Crippen molar-refractivity contribution in [1.82, 2.24) is 0 Å². The molecule has 5 aliphatic carbocycles. The molecule has 5 saturated carbocycles. The van der Waals surface area contributed by atoms with E-state index in [1.807, 2.05) is 0 Å². The molecule has 86 valence electrons. The van der Waals surface area contributed by atoms with Crippen LogP contribution in [0.5, 0.6) is 0 Å². The molecule has 16 heavy (non-hydrogen) atoms. The van der Waals surface area contributed by atoms with E-state index >= 15 is 0 Å². The van der Waals surface area contributed by atoms with Crippen LogP contribution in [0, 0.1) is 47.3 Å². The summed E-state index contributed by atoms with van der Waals surface area (Å²) in [4.78, 5) is 0. The lowest BCUT2D eigenvalue weighted by molar-refractivity contribution is -0.0866. The van der Waals surface area contributed by atoms with Gasteiger partial charge in [0.05, 0.1) is 18.3 Å². The van der Waals surface area contributed by atoms with E-state index in [0.717, 1.165) is 47.8 Å². The summed E-state index contributed by atoms with van der Waals surface area (Å²) in [5, 5.41) is 10.1. The second-order valence-corrected chi connectivity index (χ2v) is 7.40. The lowest BCUT2D eigenvalue weighted by Crippen LogP contribution is -2.59. The first kappa shape index (κ1) is 8.10. The van der Waals surface area contributed by atoms with Gasteiger partial charge in [-0.15, -0.1) is 0 Å². The third-order valence-corrected chi connectivity index (χ3v) is 7.39. The number of fused-ring (bicyclic) bond motifs is 13. The quantitative estimate of drug-likeness (QED) is 0.621. The maximum atomic E-state index is 10.1. The van der Waals surface area contributed by atoms with Gasteiger partial charge in [0.15, 0.2) is 0 Å². The van der Waals surface area contributed by atoms with Crippen molar-refractivity contribution in [3.8, 4) is 0 Å². The molecule has 6 fully saturated rings. The van der Waals surface area contributed by atoms with Crippen LogP contribution in [0.15, 0.2) is 0 Å². The number of ether oxygens (including phenoxy) is 1. The minimum Gasteiger partial charge on any atom is -0.393 e. The normalized spacial score (nSPS) is 80.4. The van der Waals surface area contributed by atoms with Gasteiger partial charge in [-0.1, -0.05) is 0 Å². The molecule has 0 radical (unpaired) electrons. The molecule has 0 aromatic rings. The Morgan fingerprint density at radius 1 is 0.750 bits per heavy atom. The first-order valence-corrected chi connectivity index (χ1v) is 7.18. The van der Waals surface area contributed by atoms with Gasteiger partial charge in [0.2, 0.25) is 0 Å². The van der Waals surface area contributed by atoms with Crippen LogP contribution in [-0.4, -0.2) is 23.4 Å². The Kier molecular flexibility index (Phi) is 1.07. The summed E-state index contributed by atoms with van der Waals surface area (Å²) in [6.45, 7) is 0. The van der Waals surface area contributed by atoms with Crippen LogP contribution in [0.2, 0.25) is 0 Å². The number of aliphatic hydroxyl groups is 1. The van der Waals surface area contributed by atoms with Crippen LogP contribution in [0.1, 0.15) is 19.3 Å². The average Bonchev–Trinajstić information content (AvgIpc) is 2.56. The molecule has 1 heterocycles. The van der Waals surface area contributed by atoms with Crippen molar-refractivity contribution in [2.75, 3.05) is 0 Å². The van der Waals surface area contributed by atoms with Crippen LogP contribution >= 0.6 is 0 Å². The number of rotatable bonds is 0. The van der Waals surface area contributed by atoms with Gasteiger partial charge in [-0.3, -0.25) is 0 Å². The first-order valence-electron chi connectivity index (χ1n) is 7.18. The van der Waals surface area contributed by atoms with Crippen molar-refractivity contribution < 1.29 is 9.84 Å². The molecule has 0 spiro atoms. The molecule has 11 atom stereocenters. The molecule has 0 aromatic heterocycles. The van der Waals surface area contributed by atoms with Gasteiger partial charge in [0.25, 0.3) is 0 Å². The minimum absolute atomic E-state index is 0.0556. The predicted molar refractivity (Wildman–Crippen MR) is 56.4 cm³/mol. The fraction of sp³-hybridized carbons (Fsp3) is 1.00. The highest BCUT2D eigenvalue weighted by atomic mass is 16.6. The molecule has 1 aliphatic heterocycles. The first-order chi connectivity index (χ1) is 7.84. The Labute approximate surface area is 95.4 Å². The molecule has 2 heteroatoms. The van der Waals surface area contributed by atoms with Gasteiger partial charge >= 0.3 is 0 Å². The van der Waals surface area contributed by atoms with E-state index < -0.39 is 0 Å². The summed E-state index contributed by atoms with van der Waals surface area (Å²) in [6, 6.07) is 0. The summed E-state index contributed by atoms with van der Waals surface area (Å²) in [5.74, 6) is 7.39. The predicted octanol–water partition coefficient (Wildman–Crippen LogP) is 1.28. The van der Waals surface area contributed by atoms with E-state index in [2.05, 4.69) is 0 Å². The number of epoxide rings is 1. The van der Waals surface area contributed by atoms with E-state index in [9.17, 15) is 5.11 Å². The standard InChI is InChI=1S/C14H18O2/c15-8-2-4-1-6(8)9-5(4)3-7-10(9)12-11(7)13-14(12)16-13/h4-15H,1-3H2/t4?,5?,6?,7?,8?,9?,10?,11-,12?,13?,14?/m1/s1. The van der Waals surface area contributed by atoms with Crippen molar-refractivity contribution in [2.24, 2.45) is 47.3 Å². The van der Waals surface area contributed by atoms with Crippen molar-refractivity contribution in [3.63, 3.8) is 0 Å². The van der Waals surface area contributed by atoms with Gasteiger partial charge < -0.3 is 9.84 Å². The van der Waals surface area contributed by atoms with Crippen molar-refractivity contribution >= 4 is 0 Å². The maximum absolute atomic E-state index is 10.1. The molecule has 0 amide bonds. The topological polar surface area (TPSA) is 32.8 Å². The summed E-state index contributed by atoms with van der Waals surface area (Å²) in [6.07, 6.45) is 5.42. The van der Waals surface area contributed by atoms with Crippen LogP contribution < -0.4 is 0 Å². The Morgan fingerprint density at radius 2 is 1.62 bits per heavy atom. The molecule has 1 N–H and O–H groups in total. The van der Waals surface area contributed by atoms with Gasteiger partial charge in [-0.25, -0.2) is 0 Å². The molecule has 10 unspecified atom stereocenters. The minimum atomic E-state index is 0.0556. The average molecular weight is 218 g/mol. The Balaban J connectivity index is 1.42. The van der Waals surface area contributed by atoms with E-state index in [0.29, 0.717) is 18.1 Å². The van der Waals surface area contributed by atoms with E-state index in [-0.39, 0.29) is 6.10 Å². The highest BCUT2D eigenvalue weighted by molar-refractivity contribution is 5.27. The highest BCUT2D eigenvalue weighted by Crippen LogP contribution is 2.78. The molecule has 2 nitrogen and oxygen atoms in total. The third kappa shape index (κ3) is 0.606. The third-order valence-electron chi connectivity index (χ3n) is 7.39. The summed E-state index contributed by atoms with van der Waals surface area (Å²) in [5.41, 5.74) is 0. The second-order valence-electron chi connectivity index (χ2n) is 7.40. The molecule has 2 bridgehead atoms. The Hall–Kier alpha value is -0.0800. The zero-order valence-corrected chi connectivity index (χ0v) is 9.33. The van der Waals surface area contributed by atoms with E-state index in [1.54, 1.807) is 0 Å². The van der Waals surface area contributed by atoms with Crippen molar-refractivity contribution in [1.29, 1.82) is 0 Å². The fourth-order valence-corrected chi connectivity index (χ4v) is 7.02. The summed E-state index contributed by atoms with van der Waals surface area (Å²) < 4.78 is 5.74. The Bertz CT molecular complexity index is 394. The summed E-state index contributed by atoms with van der Waals surface area (Å²) >= 11 is 0. The van der Waals surface area contributed by atoms with Crippen LogP contribution in [0.4, 0.5) is 0 Å². The van der Waals surface area contributed by atoms with Crippen molar-refractivity contribution in [2.45, 2.75) is 37.6 Å². The van der Waals surface area contributed by atoms with E-state index in [4.69, 9.17) is 4.74 Å². The maximum Gasteiger partial charge on any atom is 0.0879 e. The van der Waals surface area contributed by atoms with Gasteiger partial charge in [-0.2, -0.15) is 0 Å². The number of aliphatic hydroxyl groups excluding tert-OH is 1. The lowest BCUT2D eigenvalue weighted by Gasteiger charge is -2.56. The van der Waals surface area contributed by atoms with Gasteiger partial charge in [0.1, 0.15) is 0 Å². The molecule has 6 rings (SSSR count). The van der Waals surface area contributed by atoms with Crippen molar-refractivity contribution in [3.05, 3.63) is 0 Å². The molecule has 6 aliphatic rings. The molecule has 0 aromatic carbocycles. The molecule has 1 saturated heterocycles.